The summed E-state index contributed by atoms with van der Waals surface area (Å²) in [6, 6.07) is 14.4. The molecule has 2 N–H and O–H groups in total. The van der Waals surface area contributed by atoms with Crippen LogP contribution in [0.4, 0.5) is 11.6 Å². The first-order valence-electron chi connectivity index (χ1n) is 9.79. The largest absolute Gasteiger partial charge is 0.332 e. The summed E-state index contributed by atoms with van der Waals surface area (Å²) in [5, 5.41) is 10.8. The first kappa shape index (κ1) is 21.5. The van der Waals surface area contributed by atoms with E-state index in [0.29, 0.717) is 0 Å². The molecule has 4 aromatic rings. The molecule has 0 radical (unpaired) electrons. The van der Waals surface area contributed by atoms with Crippen LogP contribution >= 0.6 is 0 Å². The van der Waals surface area contributed by atoms with Crippen LogP contribution in [-0.2, 0) is 20.6 Å². The van der Waals surface area contributed by atoms with E-state index < -0.39 is 22.1 Å². The second-order valence-electron chi connectivity index (χ2n) is 7.27. The Morgan fingerprint density at radius 1 is 1.03 bits per heavy atom. The lowest BCUT2D eigenvalue weighted by Gasteiger charge is -2.12. The molecule has 2 aromatic carbocycles. The smallest absolute Gasteiger partial charge is 0.298 e. The Labute approximate surface area is 185 Å². The van der Waals surface area contributed by atoms with Gasteiger partial charge in [0.15, 0.2) is 11.2 Å². The number of fused-ring (bicyclic) bond motifs is 1. The molecule has 12 heteroatoms. The highest BCUT2D eigenvalue weighted by Crippen LogP contribution is 2.18. The number of aryl methyl sites for hydroxylation is 1. The fourth-order valence-corrected chi connectivity index (χ4v) is 3.38. The zero-order chi connectivity index (χ0) is 23.7. The average Bonchev–Trinajstić information content (AvgIpc) is 3.18. The number of nitro benzene ring substituents is 1. The van der Waals surface area contributed by atoms with Gasteiger partial charge in [-0.05, 0) is 17.7 Å². The number of carbonyl (C=O) groups excluding carboxylic acids is 1. The summed E-state index contributed by atoms with van der Waals surface area (Å²) in [5.74, 6) is -0.424. The third-order valence-corrected chi connectivity index (χ3v) is 5.16. The van der Waals surface area contributed by atoms with Gasteiger partial charge in [-0.2, -0.15) is 4.98 Å². The van der Waals surface area contributed by atoms with Crippen molar-refractivity contribution in [1.82, 2.24) is 24.1 Å². The van der Waals surface area contributed by atoms with Gasteiger partial charge in [0.2, 0.25) is 5.95 Å². The van der Waals surface area contributed by atoms with E-state index in [4.69, 9.17) is 0 Å². The van der Waals surface area contributed by atoms with Crippen LogP contribution in [0.15, 0.2) is 64.2 Å². The Kier molecular flexibility index (Phi) is 5.48. The van der Waals surface area contributed by atoms with Crippen LogP contribution in [0, 0.1) is 10.1 Å². The molecule has 0 spiro atoms. The molecule has 0 saturated heterocycles. The number of rotatable bonds is 6. The Morgan fingerprint density at radius 3 is 2.33 bits per heavy atom. The van der Waals surface area contributed by atoms with Gasteiger partial charge in [-0.15, -0.1) is 0 Å². The number of amides is 1. The summed E-state index contributed by atoms with van der Waals surface area (Å²) < 4.78 is 3.81. The van der Waals surface area contributed by atoms with Gasteiger partial charge in [0.1, 0.15) is 0 Å². The van der Waals surface area contributed by atoms with E-state index in [1.54, 1.807) is 4.57 Å². The highest BCUT2D eigenvalue weighted by atomic mass is 16.6. The topological polar surface area (TPSA) is 146 Å². The number of nitrogens with one attached hydrogen (secondary N) is 2. The summed E-state index contributed by atoms with van der Waals surface area (Å²) in [5.41, 5.74) is 5.40. The number of nitro groups is 1. The predicted octanol–water partition coefficient (Wildman–Crippen LogP) is 1.15. The van der Waals surface area contributed by atoms with Crippen LogP contribution in [0.2, 0.25) is 0 Å². The van der Waals surface area contributed by atoms with E-state index in [-0.39, 0.29) is 34.9 Å². The molecule has 168 valence electrons. The normalized spacial score (nSPS) is 10.8. The SMILES string of the molecule is Cn1c(=O)c2c(nc(NNC(=O)c3ccc([N+](=O)[O-])cc3)n2Cc2ccccc2)n(C)c1=O. The van der Waals surface area contributed by atoms with Crippen LogP contribution in [0.3, 0.4) is 0 Å². The molecule has 0 aliphatic heterocycles. The fraction of sp³-hybridized carbons (Fsp3) is 0.143. The highest BCUT2D eigenvalue weighted by molar-refractivity contribution is 5.95. The maximum atomic E-state index is 12.9. The van der Waals surface area contributed by atoms with Crippen LogP contribution in [-0.4, -0.2) is 29.5 Å². The maximum Gasteiger partial charge on any atom is 0.332 e. The van der Waals surface area contributed by atoms with Gasteiger partial charge in [-0.3, -0.25) is 44.3 Å². The zero-order valence-corrected chi connectivity index (χ0v) is 17.7. The van der Waals surface area contributed by atoms with E-state index in [9.17, 15) is 24.5 Å². The van der Waals surface area contributed by atoms with Crippen molar-refractivity contribution in [2.45, 2.75) is 6.54 Å². The first-order chi connectivity index (χ1) is 15.8. The minimum atomic E-state index is -0.565. The molecule has 2 aromatic heterocycles. The van der Waals surface area contributed by atoms with Crippen molar-refractivity contribution in [2.75, 3.05) is 5.43 Å². The number of hydrazine groups is 1. The van der Waals surface area contributed by atoms with E-state index >= 15 is 0 Å². The van der Waals surface area contributed by atoms with Crippen molar-refractivity contribution in [2.24, 2.45) is 14.1 Å². The summed E-state index contributed by atoms with van der Waals surface area (Å²) >= 11 is 0. The minimum Gasteiger partial charge on any atom is -0.298 e. The molecular formula is C21H19N7O5. The number of anilines is 1. The molecule has 33 heavy (non-hydrogen) atoms. The lowest BCUT2D eigenvalue weighted by molar-refractivity contribution is -0.384. The standard InChI is InChI=1S/C21H19N7O5/c1-25-17-16(19(30)26(2)21(25)31)27(12-13-6-4-3-5-7-13)20(22-17)24-23-18(29)14-8-10-15(11-9-14)28(32)33/h3-11H,12H2,1-2H3,(H,22,24)(H,23,29). The molecular weight excluding hydrogens is 430 g/mol. The Balaban J connectivity index is 1.72. The number of imidazole rings is 1. The van der Waals surface area contributed by atoms with Crippen molar-refractivity contribution < 1.29 is 9.72 Å². The lowest BCUT2D eigenvalue weighted by atomic mass is 10.2. The van der Waals surface area contributed by atoms with Gasteiger partial charge in [-0.25, -0.2) is 4.79 Å². The molecule has 12 nitrogen and oxygen atoms in total. The van der Waals surface area contributed by atoms with Gasteiger partial charge in [0.05, 0.1) is 11.5 Å². The molecule has 0 atom stereocenters. The molecule has 0 fully saturated rings. The van der Waals surface area contributed by atoms with Crippen LogP contribution in [0.1, 0.15) is 15.9 Å². The lowest BCUT2D eigenvalue weighted by Crippen LogP contribution is -2.37. The second kappa shape index (κ2) is 8.42. The number of non-ortho nitro benzene ring substituents is 1. The third-order valence-electron chi connectivity index (χ3n) is 5.16. The fourth-order valence-electron chi connectivity index (χ4n) is 3.38. The quantitative estimate of drug-likeness (QED) is 0.332. The van der Waals surface area contributed by atoms with Crippen LogP contribution in [0.25, 0.3) is 11.2 Å². The van der Waals surface area contributed by atoms with Gasteiger partial charge in [-0.1, -0.05) is 30.3 Å². The molecule has 0 aliphatic carbocycles. The van der Waals surface area contributed by atoms with E-state index in [0.717, 1.165) is 10.1 Å². The molecule has 0 aliphatic rings. The van der Waals surface area contributed by atoms with E-state index in [1.165, 1.54) is 42.9 Å². The number of benzene rings is 2. The van der Waals surface area contributed by atoms with Crippen molar-refractivity contribution in [3.8, 4) is 0 Å². The minimum absolute atomic E-state index is 0.138. The number of nitrogens with zero attached hydrogens (tertiary/aromatic N) is 5. The van der Waals surface area contributed by atoms with Crippen molar-refractivity contribution in [3.05, 3.63) is 96.7 Å². The summed E-state index contributed by atoms with van der Waals surface area (Å²) in [6.07, 6.45) is 0. The number of hydrogen-bond acceptors (Lipinski definition) is 7. The maximum absolute atomic E-state index is 12.9. The molecule has 0 unspecified atom stereocenters. The monoisotopic (exact) mass is 449 g/mol. The van der Waals surface area contributed by atoms with Gasteiger partial charge in [0, 0.05) is 31.8 Å². The number of carbonyl (C=O) groups is 1. The Hall–Kier alpha value is -4.74. The first-order valence-corrected chi connectivity index (χ1v) is 9.79. The molecule has 0 saturated carbocycles. The van der Waals surface area contributed by atoms with E-state index in [2.05, 4.69) is 15.8 Å². The summed E-state index contributed by atoms with van der Waals surface area (Å²) in [7, 11) is 2.89. The van der Waals surface area contributed by atoms with Crippen molar-refractivity contribution in [3.63, 3.8) is 0 Å². The third kappa shape index (κ3) is 3.96. The average molecular weight is 449 g/mol. The summed E-state index contributed by atoms with van der Waals surface area (Å²) in [6.45, 7) is 0.251. The molecule has 2 heterocycles. The predicted molar refractivity (Wildman–Crippen MR) is 120 cm³/mol. The number of aromatic nitrogens is 4. The van der Waals surface area contributed by atoms with Gasteiger partial charge in [0.25, 0.3) is 17.2 Å². The highest BCUT2D eigenvalue weighted by Gasteiger charge is 2.20. The Morgan fingerprint density at radius 2 is 1.70 bits per heavy atom. The van der Waals surface area contributed by atoms with Gasteiger partial charge < -0.3 is 0 Å². The van der Waals surface area contributed by atoms with E-state index in [1.807, 2.05) is 30.3 Å². The zero-order valence-electron chi connectivity index (χ0n) is 17.7. The van der Waals surface area contributed by atoms with Crippen LogP contribution < -0.4 is 22.1 Å². The van der Waals surface area contributed by atoms with Crippen molar-refractivity contribution in [1.29, 1.82) is 0 Å². The molecule has 1 amide bonds. The molecule has 4 rings (SSSR count). The van der Waals surface area contributed by atoms with Crippen LogP contribution in [0.5, 0.6) is 0 Å². The van der Waals surface area contributed by atoms with Gasteiger partial charge >= 0.3 is 5.69 Å². The van der Waals surface area contributed by atoms with Crippen molar-refractivity contribution >= 4 is 28.7 Å². The second-order valence-corrected chi connectivity index (χ2v) is 7.27. The summed E-state index contributed by atoms with van der Waals surface area (Å²) in [4.78, 5) is 52.4. The Bertz CT molecular complexity index is 1480. The molecule has 0 bridgehead atoms. The number of hydrogen-bond donors (Lipinski definition) is 2.